The molecule has 1 amide bonds. The molecule has 1 atom stereocenters. The van der Waals surface area contributed by atoms with Gasteiger partial charge >= 0.3 is 0 Å². The van der Waals surface area contributed by atoms with E-state index in [-0.39, 0.29) is 23.9 Å². The third-order valence-electron chi connectivity index (χ3n) is 4.31. The van der Waals surface area contributed by atoms with Gasteiger partial charge in [0, 0.05) is 12.0 Å². The van der Waals surface area contributed by atoms with E-state index in [1.165, 1.54) is 17.5 Å². The van der Waals surface area contributed by atoms with Gasteiger partial charge in [0.2, 0.25) is 5.91 Å². The van der Waals surface area contributed by atoms with Crippen molar-refractivity contribution in [3.05, 3.63) is 35.4 Å². The molecular formula is C18H29ClN2O. The van der Waals surface area contributed by atoms with Crippen LogP contribution in [0.1, 0.15) is 44.2 Å². The molecule has 0 aliphatic carbocycles. The fourth-order valence-corrected chi connectivity index (χ4v) is 3.06. The zero-order valence-corrected chi connectivity index (χ0v) is 14.8. The number of nitrogens with one attached hydrogen (secondary N) is 2. The molecule has 1 aliphatic heterocycles. The molecule has 1 saturated heterocycles. The monoisotopic (exact) mass is 324 g/mol. The highest BCUT2D eigenvalue weighted by molar-refractivity contribution is 5.85. The summed E-state index contributed by atoms with van der Waals surface area (Å²) < 4.78 is 0. The largest absolute Gasteiger partial charge is 0.351 e. The lowest BCUT2D eigenvalue weighted by Crippen LogP contribution is -2.45. The van der Waals surface area contributed by atoms with Gasteiger partial charge in [0.05, 0.1) is 0 Å². The number of amides is 1. The van der Waals surface area contributed by atoms with Gasteiger partial charge in [0.1, 0.15) is 0 Å². The van der Waals surface area contributed by atoms with E-state index in [1.54, 1.807) is 0 Å². The third-order valence-corrected chi connectivity index (χ3v) is 4.31. The van der Waals surface area contributed by atoms with Crippen LogP contribution in [0.3, 0.4) is 0 Å². The van der Waals surface area contributed by atoms with Gasteiger partial charge in [-0.15, -0.1) is 12.4 Å². The highest BCUT2D eigenvalue weighted by Crippen LogP contribution is 2.18. The van der Waals surface area contributed by atoms with Crippen LogP contribution in [0, 0.1) is 12.8 Å². The Labute approximate surface area is 140 Å². The fraction of sp³-hybridized carbons (Fsp3) is 0.611. The molecule has 1 unspecified atom stereocenters. The van der Waals surface area contributed by atoms with Crippen LogP contribution >= 0.6 is 12.4 Å². The number of carbonyl (C=O) groups excluding carboxylic acids is 1. The Balaban J connectivity index is 0.00000242. The van der Waals surface area contributed by atoms with E-state index < -0.39 is 0 Å². The van der Waals surface area contributed by atoms with Crippen molar-refractivity contribution in [1.29, 1.82) is 0 Å². The van der Waals surface area contributed by atoms with Gasteiger partial charge in [-0.2, -0.15) is 0 Å². The number of hydrogen-bond donors (Lipinski definition) is 2. The molecule has 124 valence electrons. The maximum atomic E-state index is 12.2. The molecule has 0 bridgehead atoms. The predicted molar refractivity (Wildman–Crippen MR) is 94.6 cm³/mol. The smallest absolute Gasteiger partial charge is 0.220 e. The lowest BCUT2D eigenvalue weighted by Gasteiger charge is -2.27. The number of carbonyl (C=O) groups is 1. The van der Waals surface area contributed by atoms with Gasteiger partial charge in [-0.25, -0.2) is 0 Å². The lowest BCUT2D eigenvalue weighted by molar-refractivity contribution is -0.122. The van der Waals surface area contributed by atoms with E-state index in [2.05, 4.69) is 55.7 Å². The molecule has 1 aromatic rings. The maximum Gasteiger partial charge on any atom is 0.220 e. The zero-order valence-electron chi connectivity index (χ0n) is 13.9. The summed E-state index contributed by atoms with van der Waals surface area (Å²) in [6, 6.07) is 8.39. The van der Waals surface area contributed by atoms with E-state index in [0.717, 1.165) is 25.9 Å². The molecule has 1 fully saturated rings. The number of aryl methyl sites for hydroxylation is 1. The molecule has 3 nitrogen and oxygen atoms in total. The molecule has 0 saturated carbocycles. The van der Waals surface area contributed by atoms with E-state index in [0.29, 0.717) is 12.3 Å². The van der Waals surface area contributed by atoms with Gasteiger partial charge in [-0.1, -0.05) is 24.3 Å². The number of halogens is 1. The van der Waals surface area contributed by atoms with E-state index in [9.17, 15) is 4.79 Å². The highest BCUT2D eigenvalue weighted by atomic mass is 35.5. The molecular weight excluding hydrogens is 296 g/mol. The lowest BCUT2D eigenvalue weighted by atomic mass is 9.92. The predicted octanol–water partition coefficient (Wildman–Crippen LogP) is 3.24. The standard InChI is InChI=1S/C18H28N2O.ClH/c1-14-6-4-5-7-16(14)12-18(2,3)20-17(21)9-8-15-10-11-19-13-15;/h4-7,15,19H,8-13H2,1-3H3,(H,20,21);1H. The first kappa shape index (κ1) is 19.0. The Morgan fingerprint density at radius 2 is 2.09 bits per heavy atom. The summed E-state index contributed by atoms with van der Waals surface area (Å²) in [4.78, 5) is 12.2. The van der Waals surface area contributed by atoms with Crippen LogP contribution in [0.5, 0.6) is 0 Å². The first-order valence-electron chi connectivity index (χ1n) is 8.02. The highest BCUT2D eigenvalue weighted by Gasteiger charge is 2.22. The van der Waals surface area contributed by atoms with Crippen LogP contribution in [0.2, 0.25) is 0 Å². The SMILES string of the molecule is Cc1ccccc1CC(C)(C)NC(=O)CCC1CCNC1.Cl. The molecule has 1 heterocycles. The average Bonchev–Trinajstić information content (AvgIpc) is 2.91. The van der Waals surface area contributed by atoms with E-state index in [1.807, 2.05) is 0 Å². The van der Waals surface area contributed by atoms with Gasteiger partial charge in [-0.3, -0.25) is 4.79 Å². The van der Waals surface area contributed by atoms with Crippen LogP contribution in [0.15, 0.2) is 24.3 Å². The Hall–Kier alpha value is -1.06. The maximum absolute atomic E-state index is 12.2. The minimum Gasteiger partial charge on any atom is -0.351 e. The Bertz CT molecular complexity index is 482. The topological polar surface area (TPSA) is 41.1 Å². The van der Waals surface area contributed by atoms with Crippen LogP contribution in [0.4, 0.5) is 0 Å². The number of benzene rings is 1. The van der Waals surface area contributed by atoms with Gasteiger partial charge < -0.3 is 10.6 Å². The van der Waals surface area contributed by atoms with Crippen molar-refractivity contribution in [2.75, 3.05) is 13.1 Å². The number of rotatable bonds is 6. The second-order valence-corrected chi connectivity index (χ2v) is 6.93. The van der Waals surface area contributed by atoms with Gasteiger partial charge in [0.15, 0.2) is 0 Å². The van der Waals surface area contributed by atoms with E-state index in [4.69, 9.17) is 0 Å². The van der Waals surface area contributed by atoms with Gasteiger partial charge in [0.25, 0.3) is 0 Å². The van der Waals surface area contributed by atoms with Crippen LogP contribution in [-0.4, -0.2) is 24.5 Å². The first-order chi connectivity index (χ1) is 9.96. The quantitative estimate of drug-likeness (QED) is 0.843. The van der Waals surface area contributed by atoms with Crippen LogP contribution in [0.25, 0.3) is 0 Å². The normalized spacial score (nSPS) is 17.9. The molecule has 22 heavy (non-hydrogen) atoms. The Kier molecular flexibility index (Phi) is 7.37. The van der Waals surface area contributed by atoms with Crippen LogP contribution in [-0.2, 0) is 11.2 Å². The molecule has 2 N–H and O–H groups in total. The Morgan fingerprint density at radius 1 is 1.36 bits per heavy atom. The van der Waals surface area contributed by atoms with Crippen molar-refractivity contribution in [2.24, 2.45) is 5.92 Å². The van der Waals surface area contributed by atoms with E-state index >= 15 is 0 Å². The molecule has 4 heteroatoms. The Morgan fingerprint density at radius 3 is 2.73 bits per heavy atom. The summed E-state index contributed by atoms with van der Waals surface area (Å²) in [5.74, 6) is 0.857. The fourth-order valence-electron chi connectivity index (χ4n) is 3.06. The minimum absolute atomic E-state index is 0. The zero-order chi connectivity index (χ0) is 15.3. The summed E-state index contributed by atoms with van der Waals surface area (Å²) in [7, 11) is 0. The second kappa shape index (κ2) is 8.54. The van der Waals surface area contributed by atoms with Crippen molar-refractivity contribution in [3.8, 4) is 0 Å². The summed E-state index contributed by atoms with van der Waals surface area (Å²) in [6.45, 7) is 8.51. The summed E-state index contributed by atoms with van der Waals surface area (Å²) in [5.41, 5.74) is 2.40. The first-order valence-corrected chi connectivity index (χ1v) is 8.02. The average molecular weight is 325 g/mol. The second-order valence-electron chi connectivity index (χ2n) is 6.93. The van der Waals surface area contributed by atoms with Gasteiger partial charge in [-0.05, 0) is 70.2 Å². The van der Waals surface area contributed by atoms with Crippen molar-refractivity contribution < 1.29 is 4.79 Å². The van der Waals surface area contributed by atoms with Crippen LogP contribution < -0.4 is 10.6 Å². The number of hydrogen-bond acceptors (Lipinski definition) is 2. The molecule has 0 radical (unpaired) electrons. The van der Waals surface area contributed by atoms with Crippen molar-refractivity contribution >= 4 is 18.3 Å². The van der Waals surface area contributed by atoms with Crippen molar-refractivity contribution in [1.82, 2.24) is 10.6 Å². The summed E-state index contributed by atoms with van der Waals surface area (Å²) >= 11 is 0. The summed E-state index contributed by atoms with van der Waals surface area (Å²) in [6.07, 6.45) is 3.72. The minimum atomic E-state index is -0.197. The van der Waals surface area contributed by atoms with Crippen molar-refractivity contribution in [2.45, 2.75) is 52.0 Å². The summed E-state index contributed by atoms with van der Waals surface area (Å²) in [5, 5.41) is 6.55. The van der Waals surface area contributed by atoms with Crippen molar-refractivity contribution in [3.63, 3.8) is 0 Å². The molecule has 0 spiro atoms. The molecule has 1 aromatic carbocycles. The molecule has 2 rings (SSSR count). The molecule has 0 aromatic heterocycles. The third kappa shape index (κ3) is 5.98. The molecule has 1 aliphatic rings.